The van der Waals surface area contributed by atoms with Gasteiger partial charge in [0.15, 0.2) is 0 Å². The zero-order chi connectivity index (χ0) is 9.45. The maximum Gasteiger partial charge on any atom is 0.0126 e. The maximum absolute atomic E-state index is 6.10. The highest BCUT2D eigenvalue weighted by Crippen LogP contribution is 2.17. The van der Waals surface area contributed by atoms with Gasteiger partial charge in [0.25, 0.3) is 0 Å². The summed E-state index contributed by atoms with van der Waals surface area (Å²) < 4.78 is 0. The smallest absolute Gasteiger partial charge is 0.0126 e. The minimum absolute atomic E-state index is 0.0864. The molecule has 0 fully saturated rings. The van der Waals surface area contributed by atoms with Gasteiger partial charge in [-0.05, 0) is 37.7 Å². The van der Waals surface area contributed by atoms with Crippen molar-refractivity contribution in [2.75, 3.05) is 11.5 Å². The van der Waals surface area contributed by atoms with Gasteiger partial charge in [-0.1, -0.05) is 20.3 Å². The molecule has 0 aromatic carbocycles. The Hall–Kier alpha value is 0.310. The lowest BCUT2D eigenvalue weighted by Crippen LogP contribution is -2.35. The van der Waals surface area contributed by atoms with E-state index < -0.39 is 0 Å². The zero-order valence-corrected chi connectivity index (χ0v) is 9.54. The van der Waals surface area contributed by atoms with Gasteiger partial charge >= 0.3 is 0 Å². The number of thioether (sulfide) groups is 1. The van der Waals surface area contributed by atoms with Crippen molar-refractivity contribution in [1.82, 2.24) is 0 Å². The molecule has 0 radical (unpaired) electrons. The minimum atomic E-state index is 0.0864. The van der Waals surface area contributed by atoms with E-state index in [4.69, 9.17) is 5.73 Å². The first kappa shape index (κ1) is 12.3. The Morgan fingerprint density at radius 3 is 2.42 bits per heavy atom. The molecule has 0 bridgehead atoms. The van der Waals surface area contributed by atoms with Crippen LogP contribution in [0.25, 0.3) is 0 Å². The topological polar surface area (TPSA) is 26.0 Å². The predicted molar refractivity (Wildman–Crippen MR) is 59.7 cm³/mol. The van der Waals surface area contributed by atoms with E-state index in [1.807, 2.05) is 11.8 Å². The van der Waals surface area contributed by atoms with Crippen LogP contribution in [0.3, 0.4) is 0 Å². The molecule has 1 unspecified atom stereocenters. The van der Waals surface area contributed by atoms with Crippen molar-refractivity contribution >= 4 is 11.8 Å². The van der Waals surface area contributed by atoms with Gasteiger partial charge in [0, 0.05) is 5.54 Å². The normalized spacial score (nSPS) is 16.0. The Labute approximate surface area is 81.5 Å². The Morgan fingerprint density at radius 2 is 1.92 bits per heavy atom. The van der Waals surface area contributed by atoms with Crippen LogP contribution in [-0.2, 0) is 0 Å². The van der Waals surface area contributed by atoms with Gasteiger partial charge in [-0.2, -0.15) is 11.8 Å². The third-order valence-electron chi connectivity index (χ3n) is 2.06. The Kier molecular flexibility index (Phi) is 6.96. The number of hydrogen-bond donors (Lipinski definition) is 1. The zero-order valence-electron chi connectivity index (χ0n) is 8.73. The standard InChI is InChI=1S/C10H23NS/c1-4-7-10(3,11)8-6-9-12-5-2/h4-9,11H2,1-3H3. The minimum Gasteiger partial charge on any atom is -0.325 e. The molecule has 12 heavy (non-hydrogen) atoms. The molecule has 0 spiro atoms. The van der Waals surface area contributed by atoms with Gasteiger partial charge in [-0.25, -0.2) is 0 Å². The Bertz CT molecular complexity index is 102. The van der Waals surface area contributed by atoms with Crippen LogP contribution in [0.5, 0.6) is 0 Å². The van der Waals surface area contributed by atoms with Crippen LogP contribution >= 0.6 is 11.8 Å². The van der Waals surface area contributed by atoms with Gasteiger partial charge in [-0.3, -0.25) is 0 Å². The molecule has 0 aliphatic heterocycles. The monoisotopic (exact) mass is 189 g/mol. The van der Waals surface area contributed by atoms with Crippen LogP contribution in [-0.4, -0.2) is 17.0 Å². The second-order valence-corrected chi connectivity index (χ2v) is 5.10. The molecule has 0 aliphatic carbocycles. The van der Waals surface area contributed by atoms with Crippen molar-refractivity contribution in [1.29, 1.82) is 0 Å². The van der Waals surface area contributed by atoms with Crippen molar-refractivity contribution < 1.29 is 0 Å². The Morgan fingerprint density at radius 1 is 1.25 bits per heavy atom. The van der Waals surface area contributed by atoms with Crippen LogP contribution in [0.4, 0.5) is 0 Å². The summed E-state index contributed by atoms with van der Waals surface area (Å²) in [6.07, 6.45) is 4.80. The van der Waals surface area contributed by atoms with Crippen molar-refractivity contribution in [3.05, 3.63) is 0 Å². The summed E-state index contributed by atoms with van der Waals surface area (Å²) >= 11 is 2.01. The van der Waals surface area contributed by atoms with Crippen molar-refractivity contribution in [2.24, 2.45) is 5.73 Å². The largest absolute Gasteiger partial charge is 0.325 e. The summed E-state index contributed by atoms with van der Waals surface area (Å²) in [4.78, 5) is 0. The van der Waals surface area contributed by atoms with E-state index in [0.29, 0.717) is 0 Å². The molecule has 0 heterocycles. The molecule has 2 N–H and O–H groups in total. The van der Waals surface area contributed by atoms with Crippen LogP contribution in [0.15, 0.2) is 0 Å². The molecular formula is C10H23NS. The summed E-state index contributed by atoms with van der Waals surface area (Å²) in [5.74, 6) is 2.50. The van der Waals surface area contributed by atoms with E-state index in [1.54, 1.807) is 0 Å². The summed E-state index contributed by atoms with van der Waals surface area (Å²) in [5.41, 5.74) is 6.19. The highest BCUT2D eigenvalue weighted by atomic mass is 32.2. The van der Waals surface area contributed by atoms with Gasteiger partial charge < -0.3 is 5.73 Å². The first-order valence-electron chi connectivity index (χ1n) is 4.99. The maximum atomic E-state index is 6.10. The van der Waals surface area contributed by atoms with Crippen LogP contribution in [0, 0.1) is 0 Å². The molecule has 0 saturated heterocycles. The molecular weight excluding hydrogens is 166 g/mol. The summed E-state index contributed by atoms with van der Waals surface area (Å²) in [6.45, 7) is 6.58. The molecule has 0 aliphatic rings. The fourth-order valence-electron chi connectivity index (χ4n) is 1.42. The highest BCUT2D eigenvalue weighted by Gasteiger charge is 2.15. The first-order valence-corrected chi connectivity index (χ1v) is 6.14. The SMILES string of the molecule is CCCC(C)(N)CCCSCC. The van der Waals surface area contributed by atoms with Crippen molar-refractivity contribution in [3.8, 4) is 0 Å². The third kappa shape index (κ3) is 6.99. The van der Waals surface area contributed by atoms with Crippen LogP contribution in [0.1, 0.15) is 46.5 Å². The second-order valence-electron chi connectivity index (χ2n) is 3.70. The number of rotatable bonds is 7. The van der Waals surface area contributed by atoms with E-state index in [9.17, 15) is 0 Å². The van der Waals surface area contributed by atoms with E-state index in [-0.39, 0.29) is 5.54 Å². The summed E-state index contributed by atoms with van der Waals surface area (Å²) in [7, 11) is 0. The molecule has 74 valence electrons. The van der Waals surface area contributed by atoms with Crippen LogP contribution < -0.4 is 5.73 Å². The van der Waals surface area contributed by atoms with E-state index in [0.717, 1.165) is 6.42 Å². The lowest BCUT2D eigenvalue weighted by Gasteiger charge is -2.23. The molecule has 0 amide bonds. The van der Waals surface area contributed by atoms with Crippen molar-refractivity contribution in [3.63, 3.8) is 0 Å². The highest BCUT2D eigenvalue weighted by molar-refractivity contribution is 7.99. The Balaban J connectivity index is 3.33. The van der Waals surface area contributed by atoms with E-state index >= 15 is 0 Å². The van der Waals surface area contributed by atoms with Gasteiger partial charge in [-0.15, -0.1) is 0 Å². The fraction of sp³-hybridized carbons (Fsp3) is 1.00. The molecule has 0 saturated carbocycles. The second kappa shape index (κ2) is 6.79. The van der Waals surface area contributed by atoms with E-state index in [2.05, 4.69) is 20.8 Å². The van der Waals surface area contributed by atoms with Crippen LogP contribution in [0.2, 0.25) is 0 Å². The average molecular weight is 189 g/mol. The van der Waals surface area contributed by atoms with Gasteiger partial charge in [0.1, 0.15) is 0 Å². The molecule has 2 heteroatoms. The molecule has 1 atom stereocenters. The molecule has 0 aromatic heterocycles. The lowest BCUT2D eigenvalue weighted by atomic mass is 9.92. The average Bonchev–Trinajstić information content (AvgIpc) is 1.98. The van der Waals surface area contributed by atoms with Crippen molar-refractivity contribution in [2.45, 2.75) is 52.0 Å². The quantitative estimate of drug-likeness (QED) is 0.623. The first-order chi connectivity index (χ1) is 5.62. The number of hydrogen-bond acceptors (Lipinski definition) is 2. The summed E-state index contributed by atoms with van der Waals surface area (Å²) in [6, 6.07) is 0. The number of nitrogens with two attached hydrogens (primary N) is 1. The van der Waals surface area contributed by atoms with E-state index in [1.165, 1.54) is 30.8 Å². The van der Waals surface area contributed by atoms with Gasteiger partial charge in [0.2, 0.25) is 0 Å². The third-order valence-corrected chi connectivity index (χ3v) is 3.05. The fourth-order valence-corrected chi connectivity index (χ4v) is 2.06. The lowest BCUT2D eigenvalue weighted by molar-refractivity contribution is 0.394. The molecule has 0 aromatic rings. The predicted octanol–water partition coefficient (Wildman–Crippen LogP) is 3.04. The summed E-state index contributed by atoms with van der Waals surface area (Å²) in [5, 5.41) is 0. The molecule has 1 nitrogen and oxygen atoms in total. The van der Waals surface area contributed by atoms with Gasteiger partial charge in [0.05, 0.1) is 0 Å². The molecule has 0 rings (SSSR count).